The highest BCUT2D eigenvalue weighted by atomic mass is 19.1. The van der Waals surface area contributed by atoms with Crippen LogP contribution in [0.5, 0.6) is 5.75 Å². The van der Waals surface area contributed by atoms with E-state index < -0.39 is 0 Å². The summed E-state index contributed by atoms with van der Waals surface area (Å²) in [7, 11) is 1.56. The molecule has 0 aliphatic heterocycles. The SMILES string of the molecule is CCCCCCCCNc1ccc(F)cc1OC. The molecule has 0 aromatic heterocycles. The second-order valence-electron chi connectivity index (χ2n) is 4.54. The van der Waals surface area contributed by atoms with Gasteiger partial charge in [-0.05, 0) is 18.6 Å². The van der Waals surface area contributed by atoms with Gasteiger partial charge in [0, 0.05) is 12.6 Å². The maximum atomic E-state index is 13.0. The Morgan fingerprint density at radius 1 is 1.11 bits per heavy atom. The lowest BCUT2D eigenvalue weighted by Gasteiger charge is -2.11. The van der Waals surface area contributed by atoms with Crippen LogP contribution in [0, 0.1) is 5.82 Å². The zero-order valence-corrected chi connectivity index (χ0v) is 11.5. The number of anilines is 1. The van der Waals surface area contributed by atoms with Crippen molar-refractivity contribution in [2.45, 2.75) is 45.4 Å². The second-order valence-corrected chi connectivity index (χ2v) is 4.54. The quantitative estimate of drug-likeness (QED) is 0.649. The minimum absolute atomic E-state index is 0.267. The Labute approximate surface area is 110 Å². The molecule has 0 saturated carbocycles. The van der Waals surface area contributed by atoms with Crippen molar-refractivity contribution in [1.82, 2.24) is 0 Å². The highest BCUT2D eigenvalue weighted by Gasteiger charge is 2.03. The predicted molar refractivity (Wildman–Crippen MR) is 74.8 cm³/mol. The Kier molecular flexibility index (Phi) is 7.23. The molecule has 0 amide bonds. The lowest BCUT2D eigenvalue weighted by Crippen LogP contribution is -2.03. The van der Waals surface area contributed by atoms with Gasteiger partial charge >= 0.3 is 0 Å². The molecule has 1 aromatic rings. The van der Waals surface area contributed by atoms with Gasteiger partial charge in [-0.2, -0.15) is 0 Å². The van der Waals surface area contributed by atoms with Crippen LogP contribution in [-0.4, -0.2) is 13.7 Å². The molecule has 0 fully saturated rings. The molecule has 1 rings (SSSR count). The standard InChI is InChI=1S/C15H24FNO/c1-3-4-5-6-7-8-11-17-14-10-9-13(16)12-15(14)18-2/h9-10,12,17H,3-8,11H2,1-2H3. The van der Waals surface area contributed by atoms with Crippen molar-refractivity contribution in [3.05, 3.63) is 24.0 Å². The molecular formula is C15H24FNO. The molecule has 1 N–H and O–H groups in total. The Balaban J connectivity index is 2.22. The van der Waals surface area contributed by atoms with E-state index in [0.29, 0.717) is 5.75 Å². The van der Waals surface area contributed by atoms with Crippen LogP contribution in [0.25, 0.3) is 0 Å². The van der Waals surface area contributed by atoms with E-state index in [1.807, 2.05) is 0 Å². The third-order valence-corrected chi connectivity index (χ3v) is 3.01. The normalized spacial score (nSPS) is 10.4. The number of ether oxygens (including phenoxy) is 1. The fourth-order valence-corrected chi connectivity index (χ4v) is 1.94. The van der Waals surface area contributed by atoms with Gasteiger partial charge in [-0.15, -0.1) is 0 Å². The van der Waals surface area contributed by atoms with Gasteiger partial charge in [-0.3, -0.25) is 0 Å². The maximum absolute atomic E-state index is 13.0. The van der Waals surface area contributed by atoms with E-state index in [0.717, 1.165) is 18.7 Å². The van der Waals surface area contributed by atoms with Crippen LogP contribution in [0.4, 0.5) is 10.1 Å². The lowest BCUT2D eigenvalue weighted by molar-refractivity contribution is 0.413. The molecule has 0 radical (unpaired) electrons. The second kappa shape index (κ2) is 8.78. The van der Waals surface area contributed by atoms with E-state index in [4.69, 9.17) is 4.74 Å². The molecule has 3 heteroatoms. The molecule has 0 spiro atoms. The number of nitrogens with one attached hydrogen (secondary N) is 1. The summed E-state index contributed by atoms with van der Waals surface area (Å²) in [5.41, 5.74) is 0.868. The van der Waals surface area contributed by atoms with Gasteiger partial charge in [0.2, 0.25) is 0 Å². The van der Waals surface area contributed by atoms with Crippen molar-refractivity contribution in [3.63, 3.8) is 0 Å². The van der Waals surface area contributed by atoms with Crippen molar-refractivity contribution in [3.8, 4) is 5.75 Å². The minimum atomic E-state index is -0.267. The average Bonchev–Trinajstić information content (AvgIpc) is 2.39. The van der Waals surface area contributed by atoms with E-state index in [1.165, 1.54) is 44.2 Å². The maximum Gasteiger partial charge on any atom is 0.144 e. The Hall–Kier alpha value is -1.25. The molecule has 102 valence electrons. The fourth-order valence-electron chi connectivity index (χ4n) is 1.94. The Morgan fingerprint density at radius 3 is 2.56 bits per heavy atom. The Bertz CT molecular complexity index is 341. The van der Waals surface area contributed by atoms with Gasteiger partial charge in [-0.1, -0.05) is 39.0 Å². The predicted octanol–water partition coefficient (Wildman–Crippen LogP) is 4.61. The van der Waals surface area contributed by atoms with E-state index >= 15 is 0 Å². The van der Waals surface area contributed by atoms with Crippen LogP contribution in [-0.2, 0) is 0 Å². The van der Waals surface area contributed by atoms with E-state index in [2.05, 4.69) is 12.2 Å². The number of methoxy groups -OCH3 is 1. The first-order chi connectivity index (χ1) is 8.77. The van der Waals surface area contributed by atoms with Crippen LogP contribution in [0.2, 0.25) is 0 Å². The molecule has 2 nitrogen and oxygen atoms in total. The van der Waals surface area contributed by atoms with Crippen molar-refractivity contribution < 1.29 is 9.13 Å². The summed E-state index contributed by atoms with van der Waals surface area (Å²) in [5.74, 6) is 0.304. The van der Waals surface area contributed by atoms with Crippen LogP contribution in [0.3, 0.4) is 0 Å². The smallest absolute Gasteiger partial charge is 0.144 e. The monoisotopic (exact) mass is 253 g/mol. The molecule has 0 aliphatic rings. The number of hydrogen-bond donors (Lipinski definition) is 1. The van der Waals surface area contributed by atoms with Gasteiger partial charge in [-0.25, -0.2) is 4.39 Å². The third kappa shape index (κ3) is 5.39. The summed E-state index contributed by atoms with van der Waals surface area (Å²) < 4.78 is 18.1. The van der Waals surface area contributed by atoms with Crippen molar-refractivity contribution in [2.75, 3.05) is 19.0 Å². The van der Waals surface area contributed by atoms with Crippen LogP contribution < -0.4 is 10.1 Å². The Morgan fingerprint density at radius 2 is 1.83 bits per heavy atom. The largest absolute Gasteiger partial charge is 0.494 e. The van der Waals surface area contributed by atoms with Crippen molar-refractivity contribution in [2.24, 2.45) is 0 Å². The van der Waals surface area contributed by atoms with E-state index in [9.17, 15) is 4.39 Å². The summed E-state index contributed by atoms with van der Waals surface area (Å²) in [6.07, 6.45) is 7.64. The highest BCUT2D eigenvalue weighted by molar-refractivity contribution is 5.56. The molecule has 0 bridgehead atoms. The molecule has 0 heterocycles. The first-order valence-corrected chi connectivity index (χ1v) is 6.85. The summed E-state index contributed by atoms with van der Waals surface area (Å²) in [6, 6.07) is 4.58. The van der Waals surface area contributed by atoms with Crippen LogP contribution >= 0.6 is 0 Å². The minimum Gasteiger partial charge on any atom is -0.494 e. The topological polar surface area (TPSA) is 21.3 Å². The highest BCUT2D eigenvalue weighted by Crippen LogP contribution is 2.24. The molecular weight excluding hydrogens is 229 g/mol. The first kappa shape index (κ1) is 14.8. The van der Waals surface area contributed by atoms with Crippen LogP contribution in [0.15, 0.2) is 18.2 Å². The van der Waals surface area contributed by atoms with E-state index in [-0.39, 0.29) is 5.82 Å². The number of unbranched alkanes of at least 4 members (excludes halogenated alkanes) is 5. The number of hydrogen-bond acceptors (Lipinski definition) is 2. The number of rotatable bonds is 9. The zero-order chi connectivity index (χ0) is 13.2. The summed E-state index contributed by atoms with van der Waals surface area (Å²) in [6.45, 7) is 3.14. The fraction of sp³-hybridized carbons (Fsp3) is 0.600. The summed E-state index contributed by atoms with van der Waals surface area (Å²) >= 11 is 0. The molecule has 0 unspecified atom stereocenters. The summed E-state index contributed by atoms with van der Waals surface area (Å²) in [5, 5.41) is 3.29. The van der Waals surface area contributed by atoms with Gasteiger partial charge in [0.1, 0.15) is 11.6 Å². The van der Waals surface area contributed by atoms with Gasteiger partial charge in [0.05, 0.1) is 12.8 Å². The summed E-state index contributed by atoms with van der Waals surface area (Å²) in [4.78, 5) is 0. The van der Waals surface area contributed by atoms with Crippen molar-refractivity contribution in [1.29, 1.82) is 0 Å². The molecule has 1 aromatic carbocycles. The van der Waals surface area contributed by atoms with Gasteiger partial charge in [0.15, 0.2) is 0 Å². The van der Waals surface area contributed by atoms with E-state index in [1.54, 1.807) is 13.2 Å². The number of halogens is 1. The lowest BCUT2D eigenvalue weighted by atomic mass is 10.1. The van der Waals surface area contributed by atoms with Crippen LogP contribution in [0.1, 0.15) is 45.4 Å². The number of benzene rings is 1. The average molecular weight is 253 g/mol. The molecule has 0 atom stereocenters. The zero-order valence-electron chi connectivity index (χ0n) is 11.5. The third-order valence-electron chi connectivity index (χ3n) is 3.01. The van der Waals surface area contributed by atoms with Crippen molar-refractivity contribution >= 4 is 5.69 Å². The van der Waals surface area contributed by atoms with Gasteiger partial charge in [0.25, 0.3) is 0 Å². The molecule has 0 saturated heterocycles. The van der Waals surface area contributed by atoms with Gasteiger partial charge < -0.3 is 10.1 Å². The molecule has 18 heavy (non-hydrogen) atoms. The molecule has 0 aliphatic carbocycles. The first-order valence-electron chi connectivity index (χ1n) is 6.85.